The van der Waals surface area contributed by atoms with E-state index in [-0.39, 0.29) is 6.10 Å². The highest BCUT2D eigenvalue weighted by Crippen LogP contribution is 2.32. The van der Waals surface area contributed by atoms with Gasteiger partial charge in [0.05, 0.1) is 6.10 Å². The van der Waals surface area contributed by atoms with Gasteiger partial charge in [-0.1, -0.05) is 6.92 Å². The number of rotatable bonds is 6. The van der Waals surface area contributed by atoms with Gasteiger partial charge in [0.1, 0.15) is 0 Å². The first-order valence-corrected chi connectivity index (χ1v) is 5.51. The van der Waals surface area contributed by atoms with E-state index in [0.717, 1.165) is 18.9 Å². The maximum Gasteiger partial charge on any atom is 0.0515 e. The van der Waals surface area contributed by atoms with Crippen molar-refractivity contribution in [1.29, 1.82) is 0 Å². The minimum Gasteiger partial charge on any atom is -0.393 e. The average Bonchev–Trinajstić information content (AvgIpc) is 2.80. The Morgan fingerprint density at radius 2 is 1.92 bits per heavy atom. The third kappa shape index (κ3) is 4.63. The van der Waals surface area contributed by atoms with Crippen LogP contribution in [0, 0.1) is 11.8 Å². The van der Waals surface area contributed by atoms with Crippen molar-refractivity contribution in [3.63, 3.8) is 0 Å². The molecule has 0 spiro atoms. The molecule has 2 N–H and O–H groups in total. The standard InChI is InChI=1S/C11H23NO/c1-8(6-9(2)13)7-12-10(3)11-4-5-11/h8-13H,4-7H2,1-3H3. The molecule has 1 rings (SSSR count). The minimum absolute atomic E-state index is 0.159. The second kappa shape index (κ2) is 4.97. The lowest BCUT2D eigenvalue weighted by atomic mass is 10.0. The van der Waals surface area contributed by atoms with Crippen LogP contribution in [0.15, 0.2) is 0 Å². The van der Waals surface area contributed by atoms with Crippen LogP contribution in [0.1, 0.15) is 40.0 Å². The highest BCUT2D eigenvalue weighted by Gasteiger charge is 2.27. The van der Waals surface area contributed by atoms with E-state index in [4.69, 9.17) is 0 Å². The van der Waals surface area contributed by atoms with Gasteiger partial charge in [-0.05, 0) is 51.5 Å². The molecule has 1 saturated carbocycles. The van der Waals surface area contributed by atoms with Gasteiger partial charge in [-0.15, -0.1) is 0 Å². The number of hydrogen-bond acceptors (Lipinski definition) is 2. The highest BCUT2D eigenvalue weighted by molar-refractivity contribution is 4.83. The summed E-state index contributed by atoms with van der Waals surface area (Å²) in [5.74, 6) is 1.51. The van der Waals surface area contributed by atoms with Crippen LogP contribution in [0.25, 0.3) is 0 Å². The van der Waals surface area contributed by atoms with Gasteiger partial charge in [0.25, 0.3) is 0 Å². The fraction of sp³-hybridized carbons (Fsp3) is 1.00. The lowest BCUT2D eigenvalue weighted by Gasteiger charge is -2.18. The summed E-state index contributed by atoms with van der Waals surface area (Å²) in [5.41, 5.74) is 0. The molecule has 0 radical (unpaired) electrons. The van der Waals surface area contributed by atoms with Crippen molar-refractivity contribution in [2.75, 3.05) is 6.54 Å². The second-order valence-electron chi connectivity index (χ2n) is 4.72. The van der Waals surface area contributed by atoms with E-state index in [1.54, 1.807) is 0 Å². The molecule has 3 unspecified atom stereocenters. The topological polar surface area (TPSA) is 32.3 Å². The Hall–Kier alpha value is -0.0800. The lowest BCUT2D eigenvalue weighted by Crippen LogP contribution is -2.32. The van der Waals surface area contributed by atoms with Gasteiger partial charge in [-0.25, -0.2) is 0 Å². The Bertz CT molecular complexity index is 143. The van der Waals surface area contributed by atoms with Gasteiger partial charge < -0.3 is 10.4 Å². The molecule has 1 aliphatic carbocycles. The summed E-state index contributed by atoms with van der Waals surface area (Å²) in [6.45, 7) is 7.37. The van der Waals surface area contributed by atoms with E-state index in [1.165, 1.54) is 12.8 Å². The summed E-state index contributed by atoms with van der Waals surface area (Å²) in [7, 11) is 0. The molecule has 0 amide bonds. The van der Waals surface area contributed by atoms with Crippen LogP contribution >= 0.6 is 0 Å². The summed E-state index contributed by atoms with van der Waals surface area (Å²) >= 11 is 0. The quantitative estimate of drug-likeness (QED) is 0.661. The van der Waals surface area contributed by atoms with Crippen LogP contribution < -0.4 is 5.32 Å². The molecule has 2 nitrogen and oxygen atoms in total. The summed E-state index contributed by atoms with van der Waals surface area (Å²) in [4.78, 5) is 0. The number of nitrogens with one attached hydrogen (secondary N) is 1. The Labute approximate surface area is 81.7 Å². The van der Waals surface area contributed by atoms with Crippen LogP contribution in [0.4, 0.5) is 0 Å². The first-order valence-electron chi connectivity index (χ1n) is 5.51. The van der Waals surface area contributed by atoms with Crippen LogP contribution in [0.2, 0.25) is 0 Å². The predicted molar refractivity (Wildman–Crippen MR) is 55.7 cm³/mol. The van der Waals surface area contributed by atoms with Crippen molar-refractivity contribution in [1.82, 2.24) is 5.32 Å². The van der Waals surface area contributed by atoms with E-state index in [1.807, 2.05) is 6.92 Å². The SMILES string of the molecule is CC(O)CC(C)CNC(C)C1CC1. The van der Waals surface area contributed by atoms with Crippen molar-refractivity contribution in [3.05, 3.63) is 0 Å². The molecule has 0 heterocycles. The maximum atomic E-state index is 9.18. The summed E-state index contributed by atoms with van der Waals surface area (Å²) < 4.78 is 0. The number of hydrogen-bond donors (Lipinski definition) is 2. The zero-order chi connectivity index (χ0) is 9.84. The van der Waals surface area contributed by atoms with Crippen molar-refractivity contribution >= 4 is 0 Å². The summed E-state index contributed by atoms with van der Waals surface area (Å²) in [6, 6.07) is 0.677. The zero-order valence-corrected chi connectivity index (χ0v) is 9.09. The molecule has 0 aromatic heterocycles. The van der Waals surface area contributed by atoms with Gasteiger partial charge in [0, 0.05) is 6.04 Å². The first kappa shape index (κ1) is 11.0. The van der Waals surface area contributed by atoms with E-state index in [2.05, 4.69) is 19.2 Å². The van der Waals surface area contributed by atoms with Crippen molar-refractivity contribution in [3.8, 4) is 0 Å². The largest absolute Gasteiger partial charge is 0.393 e. The van der Waals surface area contributed by atoms with Gasteiger partial charge in [-0.2, -0.15) is 0 Å². The predicted octanol–water partition coefficient (Wildman–Crippen LogP) is 1.78. The normalized spacial score (nSPS) is 24.0. The first-order chi connectivity index (χ1) is 6.09. The number of aliphatic hydroxyl groups excluding tert-OH is 1. The molecule has 1 fully saturated rings. The second-order valence-corrected chi connectivity index (χ2v) is 4.72. The van der Waals surface area contributed by atoms with Crippen LogP contribution in [0.3, 0.4) is 0 Å². The smallest absolute Gasteiger partial charge is 0.0515 e. The van der Waals surface area contributed by atoms with Crippen molar-refractivity contribution in [2.24, 2.45) is 11.8 Å². The summed E-state index contributed by atoms with van der Waals surface area (Å²) in [6.07, 6.45) is 3.55. The fourth-order valence-electron chi connectivity index (χ4n) is 1.82. The van der Waals surface area contributed by atoms with Crippen molar-refractivity contribution < 1.29 is 5.11 Å². The van der Waals surface area contributed by atoms with E-state index in [9.17, 15) is 5.11 Å². The van der Waals surface area contributed by atoms with E-state index >= 15 is 0 Å². The Balaban J connectivity index is 2.03. The molecule has 3 atom stereocenters. The van der Waals surface area contributed by atoms with Gasteiger partial charge in [0.2, 0.25) is 0 Å². The maximum absolute atomic E-state index is 9.18. The molecule has 13 heavy (non-hydrogen) atoms. The third-order valence-electron chi connectivity index (χ3n) is 2.86. The van der Waals surface area contributed by atoms with Crippen molar-refractivity contribution in [2.45, 2.75) is 52.2 Å². The van der Waals surface area contributed by atoms with Crippen LogP contribution in [-0.2, 0) is 0 Å². The van der Waals surface area contributed by atoms with E-state index in [0.29, 0.717) is 12.0 Å². The minimum atomic E-state index is -0.159. The summed E-state index contributed by atoms with van der Waals surface area (Å²) in [5, 5.41) is 12.7. The molecule has 0 aliphatic heterocycles. The highest BCUT2D eigenvalue weighted by atomic mass is 16.3. The van der Waals surface area contributed by atoms with Crippen LogP contribution in [-0.4, -0.2) is 23.8 Å². The fourth-order valence-corrected chi connectivity index (χ4v) is 1.82. The van der Waals surface area contributed by atoms with Crippen LogP contribution in [0.5, 0.6) is 0 Å². The third-order valence-corrected chi connectivity index (χ3v) is 2.86. The Morgan fingerprint density at radius 1 is 1.31 bits per heavy atom. The molecule has 0 aromatic rings. The van der Waals surface area contributed by atoms with Gasteiger partial charge in [-0.3, -0.25) is 0 Å². The monoisotopic (exact) mass is 185 g/mol. The lowest BCUT2D eigenvalue weighted by molar-refractivity contribution is 0.162. The molecule has 0 aromatic carbocycles. The zero-order valence-electron chi connectivity index (χ0n) is 9.09. The van der Waals surface area contributed by atoms with Gasteiger partial charge in [0.15, 0.2) is 0 Å². The molecule has 1 aliphatic rings. The Morgan fingerprint density at radius 3 is 2.38 bits per heavy atom. The Kier molecular flexibility index (Phi) is 4.20. The molecule has 0 bridgehead atoms. The molecular formula is C11H23NO. The molecule has 2 heteroatoms. The molecule has 78 valence electrons. The van der Waals surface area contributed by atoms with Gasteiger partial charge >= 0.3 is 0 Å². The molecular weight excluding hydrogens is 162 g/mol. The average molecular weight is 185 g/mol. The van der Waals surface area contributed by atoms with E-state index < -0.39 is 0 Å². The molecule has 0 saturated heterocycles. The number of aliphatic hydroxyl groups is 1.